The van der Waals surface area contributed by atoms with Crippen LogP contribution in [0, 0.1) is 0 Å². The van der Waals surface area contributed by atoms with Gasteiger partial charge in [0.1, 0.15) is 10.6 Å². The molecule has 0 fully saturated rings. The number of carbonyl (C=O) groups excluding carboxylic acids is 1. The van der Waals surface area contributed by atoms with Gasteiger partial charge in [-0.3, -0.25) is 14.2 Å². The summed E-state index contributed by atoms with van der Waals surface area (Å²) in [6, 6.07) is 12.2. The Hall–Kier alpha value is -2.52. The van der Waals surface area contributed by atoms with Crippen LogP contribution < -0.4 is 15.6 Å². The molecule has 0 bridgehead atoms. The molecule has 0 radical (unpaired) electrons. The number of ether oxygens (including phenoxy) is 1. The zero-order valence-corrected chi connectivity index (χ0v) is 21.9. The van der Waals surface area contributed by atoms with Gasteiger partial charge in [-0.15, -0.1) is 11.3 Å². The monoisotopic (exact) mass is 545 g/mol. The molecule has 1 aliphatic rings. The molecule has 5 rings (SSSR count). The average Bonchev–Trinajstić information content (AvgIpc) is 3.24. The first-order valence-corrected chi connectivity index (χ1v) is 13.6. The van der Waals surface area contributed by atoms with Crippen molar-refractivity contribution in [2.24, 2.45) is 0 Å². The highest BCUT2D eigenvalue weighted by molar-refractivity contribution is 7.99. The second-order valence-electron chi connectivity index (χ2n) is 8.09. The Morgan fingerprint density at radius 1 is 1.14 bits per heavy atom. The van der Waals surface area contributed by atoms with Crippen LogP contribution in [-0.4, -0.2) is 28.3 Å². The number of nitrogens with zero attached hydrogens (tertiary/aromatic N) is 2. The third kappa shape index (κ3) is 4.93. The zero-order chi connectivity index (χ0) is 24.5. The first-order valence-electron chi connectivity index (χ1n) is 11.0. The maximum absolute atomic E-state index is 13.8. The summed E-state index contributed by atoms with van der Waals surface area (Å²) in [5, 5.41) is 4.76. The number of benzene rings is 2. The van der Waals surface area contributed by atoms with Gasteiger partial charge in [-0.25, -0.2) is 4.98 Å². The number of methoxy groups -OCH3 is 1. The smallest absolute Gasteiger partial charge is 0.267 e. The SMILES string of the molecule is COc1ccc(-n2c(SCC(=O)Nc3ccc(Cl)c(Cl)c3)nc3sc4c(c3c2=O)CCCC4)cc1. The van der Waals surface area contributed by atoms with Gasteiger partial charge >= 0.3 is 0 Å². The summed E-state index contributed by atoms with van der Waals surface area (Å²) in [4.78, 5) is 33.3. The summed E-state index contributed by atoms with van der Waals surface area (Å²) >= 11 is 14.8. The number of thioether (sulfide) groups is 1. The van der Waals surface area contributed by atoms with Crippen molar-refractivity contribution in [3.63, 3.8) is 0 Å². The van der Waals surface area contributed by atoms with Crippen molar-refractivity contribution in [2.75, 3.05) is 18.2 Å². The maximum Gasteiger partial charge on any atom is 0.267 e. The molecule has 1 amide bonds. The number of aromatic nitrogens is 2. The molecular formula is C25H21Cl2N3O3S2. The van der Waals surface area contributed by atoms with Crippen molar-refractivity contribution in [1.29, 1.82) is 0 Å². The summed E-state index contributed by atoms with van der Waals surface area (Å²) in [5.41, 5.74) is 2.25. The molecule has 180 valence electrons. The summed E-state index contributed by atoms with van der Waals surface area (Å²) in [6.45, 7) is 0. The minimum atomic E-state index is -0.241. The Morgan fingerprint density at radius 3 is 2.66 bits per heavy atom. The number of anilines is 1. The van der Waals surface area contributed by atoms with E-state index in [1.165, 1.54) is 16.6 Å². The Morgan fingerprint density at radius 2 is 1.91 bits per heavy atom. The van der Waals surface area contributed by atoms with E-state index in [-0.39, 0.29) is 17.2 Å². The molecule has 1 aliphatic carbocycles. The number of amides is 1. The summed E-state index contributed by atoms with van der Waals surface area (Å²) in [6.07, 6.45) is 4.08. The van der Waals surface area contributed by atoms with Gasteiger partial charge < -0.3 is 10.1 Å². The number of thiophene rings is 1. The number of nitrogens with one attached hydrogen (secondary N) is 1. The van der Waals surface area contributed by atoms with Gasteiger partial charge in [0.2, 0.25) is 5.91 Å². The molecule has 10 heteroatoms. The molecule has 35 heavy (non-hydrogen) atoms. The third-order valence-electron chi connectivity index (χ3n) is 5.82. The van der Waals surface area contributed by atoms with Gasteiger partial charge in [0.15, 0.2) is 5.16 Å². The minimum absolute atomic E-state index is 0.0689. The number of hydrogen-bond acceptors (Lipinski definition) is 6. The van der Waals surface area contributed by atoms with Crippen LogP contribution in [0.5, 0.6) is 5.75 Å². The fourth-order valence-corrected chi connectivity index (χ4v) is 6.56. The van der Waals surface area contributed by atoms with Crippen molar-refractivity contribution < 1.29 is 9.53 Å². The van der Waals surface area contributed by atoms with Gasteiger partial charge in [0.05, 0.1) is 34.0 Å². The second-order valence-corrected chi connectivity index (χ2v) is 10.9. The number of halogens is 2. The normalized spacial score (nSPS) is 13.0. The Balaban J connectivity index is 1.50. The fraction of sp³-hybridized carbons (Fsp3) is 0.240. The molecule has 6 nitrogen and oxygen atoms in total. The van der Waals surface area contributed by atoms with E-state index in [0.29, 0.717) is 37.7 Å². The van der Waals surface area contributed by atoms with E-state index in [4.69, 9.17) is 32.9 Å². The molecule has 0 unspecified atom stereocenters. The Kier molecular flexibility index (Phi) is 7.07. The lowest BCUT2D eigenvalue weighted by atomic mass is 9.97. The van der Waals surface area contributed by atoms with E-state index in [0.717, 1.165) is 36.1 Å². The van der Waals surface area contributed by atoms with E-state index in [1.54, 1.807) is 53.3 Å². The van der Waals surface area contributed by atoms with Crippen LogP contribution in [0.15, 0.2) is 52.4 Å². The van der Waals surface area contributed by atoms with Gasteiger partial charge in [-0.05, 0) is 73.7 Å². The van der Waals surface area contributed by atoms with E-state index in [2.05, 4.69) is 5.32 Å². The van der Waals surface area contributed by atoms with Crippen molar-refractivity contribution in [3.05, 3.63) is 73.3 Å². The van der Waals surface area contributed by atoms with Crippen LogP contribution in [0.25, 0.3) is 15.9 Å². The van der Waals surface area contributed by atoms with E-state index in [9.17, 15) is 9.59 Å². The van der Waals surface area contributed by atoms with E-state index in [1.807, 2.05) is 12.1 Å². The topological polar surface area (TPSA) is 73.2 Å². The predicted octanol–water partition coefficient (Wildman–Crippen LogP) is 6.37. The standard InChI is InChI=1S/C25H21Cl2N3O3S2/c1-33-16-9-7-15(8-10-16)30-24(32)22-17-4-2-3-5-20(17)35-23(22)29-25(30)34-13-21(31)28-14-6-11-18(26)19(27)12-14/h6-12H,2-5,13H2,1H3,(H,28,31). The van der Waals surface area contributed by atoms with Crippen LogP contribution >= 0.6 is 46.3 Å². The fourth-order valence-electron chi connectivity index (χ4n) is 4.14. The van der Waals surface area contributed by atoms with Crippen LogP contribution in [0.3, 0.4) is 0 Å². The quantitative estimate of drug-likeness (QED) is 0.225. The first-order chi connectivity index (χ1) is 16.9. The van der Waals surface area contributed by atoms with Gasteiger partial charge in [0.25, 0.3) is 5.56 Å². The highest BCUT2D eigenvalue weighted by Crippen LogP contribution is 2.35. The molecule has 1 N–H and O–H groups in total. The molecule has 4 aromatic rings. The van der Waals surface area contributed by atoms with Crippen molar-refractivity contribution in [3.8, 4) is 11.4 Å². The number of rotatable bonds is 6. The van der Waals surface area contributed by atoms with Crippen LogP contribution in [0.1, 0.15) is 23.3 Å². The number of hydrogen-bond donors (Lipinski definition) is 1. The molecule has 0 spiro atoms. The zero-order valence-electron chi connectivity index (χ0n) is 18.8. The lowest BCUT2D eigenvalue weighted by Crippen LogP contribution is -2.23. The number of fused-ring (bicyclic) bond motifs is 3. The third-order valence-corrected chi connectivity index (χ3v) is 8.69. The highest BCUT2D eigenvalue weighted by atomic mass is 35.5. The lowest BCUT2D eigenvalue weighted by Gasteiger charge is -2.14. The molecule has 2 heterocycles. The highest BCUT2D eigenvalue weighted by Gasteiger charge is 2.23. The summed E-state index contributed by atoms with van der Waals surface area (Å²) in [7, 11) is 1.60. The molecule has 0 saturated heterocycles. The van der Waals surface area contributed by atoms with Crippen LogP contribution in [0.2, 0.25) is 10.0 Å². The Bertz CT molecular complexity index is 1480. The van der Waals surface area contributed by atoms with E-state index < -0.39 is 0 Å². The molecule has 0 aliphatic heterocycles. The summed E-state index contributed by atoms with van der Waals surface area (Å²) in [5.74, 6) is 0.521. The summed E-state index contributed by atoms with van der Waals surface area (Å²) < 4.78 is 6.87. The molecule has 2 aromatic heterocycles. The lowest BCUT2D eigenvalue weighted by molar-refractivity contribution is -0.113. The van der Waals surface area contributed by atoms with Gasteiger partial charge in [-0.2, -0.15) is 0 Å². The maximum atomic E-state index is 13.8. The van der Waals surface area contributed by atoms with Crippen LogP contribution in [0.4, 0.5) is 5.69 Å². The van der Waals surface area contributed by atoms with Crippen molar-refractivity contribution in [2.45, 2.75) is 30.8 Å². The van der Waals surface area contributed by atoms with Gasteiger partial charge in [-0.1, -0.05) is 35.0 Å². The minimum Gasteiger partial charge on any atom is -0.497 e. The molecule has 2 aromatic carbocycles. The van der Waals surface area contributed by atoms with Gasteiger partial charge in [0, 0.05) is 10.6 Å². The second kappa shape index (κ2) is 10.2. The number of carbonyl (C=O) groups is 1. The van der Waals surface area contributed by atoms with Crippen molar-refractivity contribution in [1.82, 2.24) is 9.55 Å². The average molecular weight is 547 g/mol. The van der Waals surface area contributed by atoms with E-state index >= 15 is 0 Å². The van der Waals surface area contributed by atoms with Crippen LogP contribution in [-0.2, 0) is 17.6 Å². The number of aryl methyl sites for hydroxylation is 2. The largest absolute Gasteiger partial charge is 0.497 e. The Labute approximate surface area is 220 Å². The predicted molar refractivity (Wildman–Crippen MR) is 144 cm³/mol. The molecular weight excluding hydrogens is 525 g/mol. The molecule has 0 saturated carbocycles. The molecule has 0 atom stereocenters. The van der Waals surface area contributed by atoms with Crippen molar-refractivity contribution >= 4 is 68.1 Å². The first kappa shape index (κ1) is 24.2.